The van der Waals surface area contributed by atoms with Gasteiger partial charge in [-0.15, -0.1) is 0 Å². The van der Waals surface area contributed by atoms with E-state index in [0.29, 0.717) is 5.92 Å². The van der Waals surface area contributed by atoms with Crippen molar-refractivity contribution in [2.45, 2.75) is 31.9 Å². The second-order valence-corrected chi connectivity index (χ2v) is 7.56. The second-order valence-electron chi connectivity index (χ2n) is 7.56. The number of rotatable bonds is 5. The van der Waals surface area contributed by atoms with Crippen molar-refractivity contribution in [1.29, 1.82) is 0 Å². The summed E-state index contributed by atoms with van der Waals surface area (Å²) >= 11 is 0. The maximum atomic E-state index is 10.7. The van der Waals surface area contributed by atoms with E-state index in [0.717, 1.165) is 31.6 Å². The molecule has 0 aromatic heterocycles. The van der Waals surface area contributed by atoms with Crippen LogP contribution in [0.15, 0.2) is 72.8 Å². The number of aliphatic hydroxyl groups is 1. The molecule has 1 atom stereocenters. The van der Waals surface area contributed by atoms with Gasteiger partial charge in [-0.25, -0.2) is 0 Å². The number of nitrogens with zero attached hydrogens (tertiary/aromatic N) is 1. The molecule has 1 heterocycles. The molecule has 1 unspecified atom stereocenters. The van der Waals surface area contributed by atoms with Gasteiger partial charge in [0.1, 0.15) is 0 Å². The number of hydrogen-bond donors (Lipinski definition) is 1. The minimum absolute atomic E-state index is 0. The minimum atomic E-state index is -0.356. The lowest BCUT2D eigenvalue weighted by atomic mass is 9.88. The van der Waals surface area contributed by atoms with Crippen molar-refractivity contribution in [1.82, 2.24) is 4.90 Å². The van der Waals surface area contributed by atoms with Gasteiger partial charge >= 0.3 is 0 Å². The molecular weight excluding hydrogens is 334 g/mol. The Morgan fingerprint density at radius 1 is 0.852 bits per heavy atom. The van der Waals surface area contributed by atoms with Crippen LogP contribution in [-0.2, 0) is 6.54 Å². The Morgan fingerprint density at radius 3 is 2.26 bits per heavy atom. The molecule has 0 spiro atoms. The average molecular weight is 364 g/mol. The molecule has 1 aliphatic rings. The third-order valence-corrected chi connectivity index (χ3v) is 5.67. The van der Waals surface area contributed by atoms with Gasteiger partial charge in [0.05, 0.1) is 6.10 Å². The summed E-state index contributed by atoms with van der Waals surface area (Å²) < 4.78 is 0. The predicted octanol–water partition coefficient (Wildman–Crippen LogP) is 4.35. The van der Waals surface area contributed by atoms with Gasteiger partial charge in [-0.05, 0) is 66.2 Å². The lowest BCUT2D eigenvalue weighted by Gasteiger charge is -2.33. The first-order valence-corrected chi connectivity index (χ1v) is 9.71. The lowest BCUT2D eigenvalue weighted by Crippen LogP contribution is -2.33. The van der Waals surface area contributed by atoms with Crippen molar-refractivity contribution in [3.05, 3.63) is 83.9 Å². The largest absolute Gasteiger partial charge is 0.412 e. The molecule has 0 aliphatic carbocycles. The SMILES string of the molecule is O.OC(CC1CCN(Cc2ccccc2)CC1)c1ccc2ccccc2c1. The normalized spacial score (nSPS) is 16.8. The summed E-state index contributed by atoms with van der Waals surface area (Å²) in [4.78, 5) is 2.54. The van der Waals surface area contributed by atoms with E-state index in [1.807, 2.05) is 0 Å². The van der Waals surface area contributed by atoms with E-state index >= 15 is 0 Å². The zero-order chi connectivity index (χ0) is 17.8. The van der Waals surface area contributed by atoms with E-state index in [9.17, 15) is 5.11 Å². The molecule has 0 bridgehead atoms. The summed E-state index contributed by atoms with van der Waals surface area (Å²) in [5.41, 5.74) is 2.44. The van der Waals surface area contributed by atoms with Gasteiger partial charge in [0.25, 0.3) is 0 Å². The summed E-state index contributed by atoms with van der Waals surface area (Å²) in [5, 5.41) is 13.2. The van der Waals surface area contributed by atoms with Crippen molar-refractivity contribution >= 4 is 10.8 Å². The fourth-order valence-electron chi connectivity index (χ4n) is 4.09. The molecule has 0 radical (unpaired) electrons. The molecule has 1 saturated heterocycles. The summed E-state index contributed by atoms with van der Waals surface area (Å²) in [6.07, 6.45) is 2.87. The Labute approximate surface area is 161 Å². The van der Waals surface area contributed by atoms with Crippen LogP contribution in [0.4, 0.5) is 0 Å². The molecule has 1 aliphatic heterocycles. The highest BCUT2D eigenvalue weighted by Crippen LogP contribution is 2.30. The van der Waals surface area contributed by atoms with Gasteiger partial charge in [0.15, 0.2) is 0 Å². The van der Waals surface area contributed by atoms with Gasteiger partial charge < -0.3 is 10.6 Å². The lowest BCUT2D eigenvalue weighted by molar-refractivity contribution is 0.106. The number of aliphatic hydroxyl groups excluding tert-OH is 1. The quantitative estimate of drug-likeness (QED) is 0.733. The predicted molar refractivity (Wildman–Crippen MR) is 112 cm³/mol. The van der Waals surface area contributed by atoms with Gasteiger partial charge in [-0.2, -0.15) is 0 Å². The van der Waals surface area contributed by atoms with Gasteiger partial charge in [-0.3, -0.25) is 4.90 Å². The van der Waals surface area contributed by atoms with Crippen LogP contribution in [0, 0.1) is 5.92 Å². The van der Waals surface area contributed by atoms with Crippen LogP contribution < -0.4 is 0 Å². The molecule has 27 heavy (non-hydrogen) atoms. The van der Waals surface area contributed by atoms with Crippen LogP contribution in [-0.4, -0.2) is 28.6 Å². The van der Waals surface area contributed by atoms with E-state index in [1.54, 1.807) is 0 Å². The second kappa shape index (κ2) is 9.14. The van der Waals surface area contributed by atoms with Gasteiger partial charge in [0.2, 0.25) is 0 Å². The molecule has 0 amide bonds. The number of likely N-dealkylation sites (tertiary alicyclic amines) is 1. The van der Waals surface area contributed by atoms with Crippen LogP contribution in [0.25, 0.3) is 10.8 Å². The van der Waals surface area contributed by atoms with E-state index in [4.69, 9.17) is 0 Å². The first-order chi connectivity index (χ1) is 12.8. The number of hydrogen-bond acceptors (Lipinski definition) is 2. The minimum Gasteiger partial charge on any atom is -0.412 e. The van der Waals surface area contributed by atoms with E-state index < -0.39 is 0 Å². The van der Waals surface area contributed by atoms with Crippen LogP contribution in [0.3, 0.4) is 0 Å². The van der Waals surface area contributed by atoms with Crippen molar-refractivity contribution in [2.24, 2.45) is 5.92 Å². The molecule has 142 valence electrons. The van der Waals surface area contributed by atoms with E-state index in [-0.39, 0.29) is 11.6 Å². The molecule has 0 saturated carbocycles. The van der Waals surface area contributed by atoms with Crippen molar-refractivity contribution in [2.75, 3.05) is 13.1 Å². The first kappa shape index (κ1) is 19.6. The summed E-state index contributed by atoms with van der Waals surface area (Å²) in [7, 11) is 0. The third-order valence-electron chi connectivity index (χ3n) is 5.67. The van der Waals surface area contributed by atoms with Crippen molar-refractivity contribution in [3.63, 3.8) is 0 Å². The van der Waals surface area contributed by atoms with Crippen LogP contribution in [0.1, 0.15) is 36.5 Å². The molecule has 3 aromatic rings. The maximum absolute atomic E-state index is 10.7. The Kier molecular flexibility index (Phi) is 6.62. The van der Waals surface area contributed by atoms with Crippen molar-refractivity contribution in [3.8, 4) is 0 Å². The van der Waals surface area contributed by atoms with E-state index in [1.165, 1.54) is 29.2 Å². The summed E-state index contributed by atoms with van der Waals surface area (Å²) in [6, 6.07) is 25.4. The molecule has 1 fully saturated rings. The number of benzene rings is 3. The van der Waals surface area contributed by atoms with Crippen LogP contribution in [0.5, 0.6) is 0 Å². The monoisotopic (exact) mass is 363 g/mol. The highest BCUT2D eigenvalue weighted by atomic mass is 16.3. The molecule has 3 aromatic carbocycles. The van der Waals surface area contributed by atoms with Crippen molar-refractivity contribution < 1.29 is 10.6 Å². The maximum Gasteiger partial charge on any atom is 0.0792 e. The number of fused-ring (bicyclic) bond motifs is 1. The van der Waals surface area contributed by atoms with Gasteiger partial charge in [0, 0.05) is 6.54 Å². The van der Waals surface area contributed by atoms with Gasteiger partial charge in [-0.1, -0.05) is 66.7 Å². The number of piperidine rings is 1. The topological polar surface area (TPSA) is 55.0 Å². The Morgan fingerprint density at radius 2 is 1.52 bits per heavy atom. The first-order valence-electron chi connectivity index (χ1n) is 9.71. The highest BCUT2D eigenvalue weighted by molar-refractivity contribution is 5.83. The zero-order valence-electron chi connectivity index (χ0n) is 15.7. The third kappa shape index (κ3) is 4.95. The smallest absolute Gasteiger partial charge is 0.0792 e. The fourth-order valence-corrected chi connectivity index (χ4v) is 4.09. The summed E-state index contributed by atoms with van der Waals surface area (Å²) in [5.74, 6) is 0.614. The Hall–Kier alpha value is -2.20. The molecule has 3 heteroatoms. The molecule has 3 N–H and O–H groups in total. The standard InChI is InChI=1S/C24H27NO.H2O/c26-24(23-11-10-21-8-4-5-9-22(21)17-23)16-19-12-14-25(15-13-19)18-20-6-2-1-3-7-20;/h1-11,17,19,24,26H,12-16,18H2;1H2. The fraction of sp³-hybridized carbons (Fsp3) is 0.333. The molecule has 3 nitrogen and oxygen atoms in total. The molecule has 4 rings (SSSR count). The Bertz CT molecular complexity index is 841. The van der Waals surface area contributed by atoms with Crippen LogP contribution in [0.2, 0.25) is 0 Å². The van der Waals surface area contributed by atoms with E-state index in [2.05, 4.69) is 77.7 Å². The molecular formula is C24H29NO2. The highest BCUT2D eigenvalue weighted by Gasteiger charge is 2.22. The zero-order valence-corrected chi connectivity index (χ0v) is 15.7. The summed E-state index contributed by atoms with van der Waals surface area (Å²) in [6.45, 7) is 3.30. The van der Waals surface area contributed by atoms with Crippen LogP contribution >= 0.6 is 0 Å². The average Bonchev–Trinajstić information content (AvgIpc) is 2.70. The Balaban J connectivity index is 0.00000210.